The smallest absolute Gasteiger partial charge is 0.416 e. The summed E-state index contributed by atoms with van der Waals surface area (Å²) in [6.07, 6.45) is -2.98. The molecule has 2 aromatic carbocycles. The average Bonchev–Trinajstić information content (AvgIpc) is 2.88. The largest absolute Gasteiger partial charge is 0.506 e. The fourth-order valence-electron chi connectivity index (χ4n) is 2.52. The number of aliphatic hydroxyl groups is 1. The molecule has 1 aliphatic heterocycles. The van der Waals surface area contributed by atoms with Gasteiger partial charge in [-0.15, -0.1) is 0 Å². The van der Waals surface area contributed by atoms with Crippen molar-refractivity contribution >= 4 is 28.7 Å². The molecular formula is C20H13F3O4S. The molecule has 0 unspecified atom stereocenters. The van der Waals surface area contributed by atoms with E-state index in [0.717, 1.165) is 23.9 Å². The summed E-state index contributed by atoms with van der Waals surface area (Å²) in [6.45, 7) is 1.19. The molecule has 0 aromatic heterocycles. The van der Waals surface area contributed by atoms with Crippen molar-refractivity contribution in [1.29, 1.82) is 0 Å². The fourth-order valence-corrected chi connectivity index (χ4v) is 3.45. The van der Waals surface area contributed by atoms with Crippen LogP contribution in [0.3, 0.4) is 0 Å². The Morgan fingerprint density at radius 3 is 2.36 bits per heavy atom. The Bertz CT molecular complexity index is 1020. The van der Waals surface area contributed by atoms with Crippen LogP contribution < -0.4 is 4.74 Å². The van der Waals surface area contributed by atoms with Gasteiger partial charge in [-0.25, -0.2) is 0 Å². The van der Waals surface area contributed by atoms with Crippen molar-refractivity contribution in [2.24, 2.45) is 0 Å². The van der Waals surface area contributed by atoms with Gasteiger partial charge < -0.3 is 9.84 Å². The van der Waals surface area contributed by atoms with Crippen LogP contribution in [0.5, 0.6) is 11.5 Å². The number of hydrogen-bond donors (Lipinski definition) is 1. The van der Waals surface area contributed by atoms with Gasteiger partial charge >= 0.3 is 6.18 Å². The Hall–Kier alpha value is -3.00. The van der Waals surface area contributed by atoms with Gasteiger partial charge in [0, 0.05) is 0 Å². The van der Waals surface area contributed by atoms with Gasteiger partial charge in [-0.3, -0.25) is 9.59 Å². The van der Waals surface area contributed by atoms with Crippen LogP contribution in [-0.4, -0.2) is 16.0 Å². The van der Waals surface area contributed by atoms with Crippen LogP contribution in [0.1, 0.15) is 18.1 Å². The lowest BCUT2D eigenvalue weighted by Gasteiger charge is -2.10. The standard InChI is InChI=1S/C20H13F3O4S/c1-11(24)17-18(25)16(28-19(17)26)9-12-4-2-6-14(8-12)27-15-7-3-5-13(10-15)20(21,22)23/h2-10,25H,1H3/b16-9-. The van der Waals surface area contributed by atoms with E-state index in [2.05, 4.69) is 0 Å². The van der Waals surface area contributed by atoms with Crippen molar-refractivity contribution < 1.29 is 32.6 Å². The quantitative estimate of drug-likeness (QED) is 0.678. The molecule has 1 heterocycles. The second-order valence-electron chi connectivity index (χ2n) is 5.88. The number of rotatable bonds is 4. The van der Waals surface area contributed by atoms with Crippen molar-refractivity contribution in [1.82, 2.24) is 0 Å². The normalized spacial score (nSPS) is 16.0. The molecule has 1 N–H and O–H groups in total. The Morgan fingerprint density at radius 2 is 1.75 bits per heavy atom. The van der Waals surface area contributed by atoms with E-state index in [1.165, 1.54) is 31.2 Å². The first kappa shape index (κ1) is 19.8. The lowest BCUT2D eigenvalue weighted by Crippen LogP contribution is -2.04. The number of alkyl halides is 3. The lowest BCUT2D eigenvalue weighted by molar-refractivity contribution is -0.137. The molecular weight excluding hydrogens is 393 g/mol. The maximum atomic E-state index is 12.8. The average molecular weight is 406 g/mol. The predicted octanol–water partition coefficient (Wildman–Crippen LogP) is 5.51. The van der Waals surface area contributed by atoms with E-state index in [1.807, 2.05) is 0 Å². The first-order valence-corrected chi connectivity index (χ1v) is 8.80. The Labute approximate surface area is 162 Å². The van der Waals surface area contributed by atoms with Crippen molar-refractivity contribution in [2.45, 2.75) is 13.1 Å². The molecule has 144 valence electrons. The summed E-state index contributed by atoms with van der Waals surface area (Å²) >= 11 is 0.731. The number of hydrogen-bond acceptors (Lipinski definition) is 5. The van der Waals surface area contributed by atoms with E-state index in [0.29, 0.717) is 5.56 Å². The van der Waals surface area contributed by atoms with Crippen molar-refractivity contribution in [3.63, 3.8) is 0 Å². The van der Waals surface area contributed by atoms with Gasteiger partial charge in [-0.1, -0.05) is 18.2 Å². The maximum absolute atomic E-state index is 12.8. The minimum absolute atomic E-state index is 0.0201. The number of ether oxygens (including phenoxy) is 1. The molecule has 0 saturated heterocycles. The number of halogens is 3. The second kappa shape index (κ2) is 7.55. The van der Waals surface area contributed by atoms with E-state index >= 15 is 0 Å². The Morgan fingerprint density at radius 1 is 1.11 bits per heavy atom. The third-order valence-corrected chi connectivity index (χ3v) is 4.70. The molecule has 0 amide bonds. The van der Waals surface area contributed by atoms with Gasteiger partial charge in [0.25, 0.3) is 0 Å². The van der Waals surface area contributed by atoms with Crippen LogP contribution in [-0.2, 0) is 15.8 Å². The highest BCUT2D eigenvalue weighted by Crippen LogP contribution is 2.38. The van der Waals surface area contributed by atoms with Gasteiger partial charge in [0.15, 0.2) is 5.78 Å². The molecule has 0 fully saturated rings. The minimum Gasteiger partial charge on any atom is -0.506 e. The Balaban J connectivity index is 1.86. The van der Waals surface area contributed by atoms with Crippen molar-refractivity contribution in [2.75, 3.05) is 0 Å². The highest BCUT2D eigenvalue weighted by Gasteiger charge is 2.32. The topological polar surface area (TPSA) is 63.6 Å². The Kier molecular flexibility index (Phi) is 5.33. The number of ketones is 1. The molecule has 0 saturated carbocycles. The van der Waals surface area contributed by atoms with E-state index < -0.39 is 22.6 Å². The zero-order valence-electron chi connectivity index (χ0n) is 14.4. The highest BCUT2D eigenvalue weighted by atomic mass is 32.2. The van der Waals surface area contributed by atoms with E-state index in [9.17, 15) is 27.9 Å². The van der Waals surface area contributed by atoms with Gasteiger partial charge in [0.2, 0.25) is 5.12 Å². The van der Waals surface area contributed by atoms with Crippen LogP contribution >= 0.6 is 11.8 Å². The monoisotopic (exact) mass is 406 g/mol. The zero-order valence-corrected chi connectivity index (χ0v) is 15.2. The first-order chi connectivity index (χ1) is 13.1. The molecule has 8 heteroatoms. The summed E-state index contributed by atoms with van der Waals surface area (Å²) in [5.74, 6) is -0.614. The SMILES string of the molecule is CC(=O)C1=C(O)/C(=C/c2cccc(Oc3cccc(C(F)(F)F)c3)c2)SC1=O. The number of benzene rings is 2. The predicted molar refractivity (Wildman–Crippen MR) is 98.9 cm³/mol. The third-order valence-electron chi connectivity index (χ3n) is 3.78. The summed E-state index contributed by atoms with van der Waals surface area (Å²) in [7, 11) is 0. The molecule has 0 atom stereocenters. The summed E-state index contributed by atoms with van der Waals surface area (Å²) < 4.78 is 43.9. The van der Waals surface area contributed by atoms with E-state index in [-0.39, 0.29) is 27.7 Å². The first-order valence-electron chi connectivity index (χ1n) is 7.99. The minimum atomic E-state index is -4.48. The van der Waals surface area contributed by atoms with Crippen LogP contribution in [0.4, 0.5) is 13.2 Å². The summed E-state index contributed by atoms with van der Waals surface area (Å²) in [5.41, 5.74) is -0.542. The molecule has 0 bridgehead atoms. The van der Waals surface area contributed by atoms with Gasteiger partial charge in [-0.05, 0) is 60.7 Å². The molecule has 0 aliphatic carbocycles. The van der Waals surface area contributed by atoms with Gasteiger partial charge in [0.1, 0.15) is 22.8 Å². The fraction of sp³-hybridized carbons (Fsp3) is 0.100. The number of thioether (sulfide) groups is 1. The van der Waals surface area contributed by atoms with Crippen molar-refractivity contribution in [3.8, 4) is 11.5 Å². The van der Waals surface area contributed by atoms with Crippen molar-refractivity contribution in [3.05, 3.63) is 75.9 Å². The molecule has 0 radical (unpaired) electrons. The summed E-state index contributed by atoms with van der Waals surface area (Å²) in [6, 6.07) is 10.9. The van der Waals surface area contributed by atoms with Crippen LogP contribution in [0, 0.1) is 0 Å². The number of carbonyl (C=O) groups excluding carboxylic acids is 2. The molecule has 2 aromatic rings. The summed E-state index contributed by atoms with van der Waals surface area (Å²) in [5, 5.41) is 9.54. The van der Waals surface area contributed by atoms with Crippen LogP contribution in [0.25, 0.3) is 6.08 Å². The molecule has 0 spiro atoms. The van der Waals surface area contributed by atoms with Gasteiger partial charge in [-0.2, -0.15) is 13.2 Å². The number of carbonyl (C=O) groups is 2. The number of Topliss-reactive ketones (excluding diaryl/α,β-unsaturated/α-hetero) is 1. The lowest BCUT2D eigenvalue weighted by atomic mass is 10.1. The van der Waals surface area contributed by atoms with Crippen LogP contribution in [0.15, 0.2) is 64.8 Å². The molecule has 1 aliphatic rings. The van der Waals surface area contributed by atoms with E-state index in [4.69, 9.17) is 4.74 Å². The molecule has 4 nitrogen and oxygen atoms in total. The maximum Gasteiger partial charge on any atom is 0.416 e. The van der Waals surface area contributed by atoms with Gasteiger partial charge in [0.05, 0.1) is 10.5 Å². The third kappa shape index (κ3) is 4.28. The van der Waals surface area contributed by atoms with E-state index in [1.54, 1.807) is 18.2 Å². The zero-order chi connectivity index (χ0) is 20.5. The highest BCUT2D eigenvalue weighted by molar-refractivity contribution is 8.18. The van der Waals surface area contributed by atoms with Crippen LogP contribution in [0.2, 0.25) is 0 Å². The number of aliphatic hydroxyl groups excluding tert-OH is 1. The molecule has 28 heavy (non-hydrogen) atoms. The summed E-state index contributed by atoms with van der Waals surface area (Å²) in [4.78, 5) is 23.5. The molecule has 3 rings (SSSR count). The second-order valence-corrected chi connectivity index (χ2v) is 6.89.